The number of nitrogens with zero attached hydrogens (tertiary/aromatic N) is 2. The highest BCUT2D eigenvalue weighted by Crippen LogP contribution is 2.35. The maximum Gasteiger partial charge on any atom is 0.224 e. The van der Waals surface area contributed by atoms with Crippen molar-refractivity contribution in [3.63, 3.8) is 0 Å². The van der Waals surface area contributed by atoms with Crippen molar-refractivity contribution in [3.05, 3.63) is 108 Å². The molecule has 1 aliphatic rings. The molecule has 0 bridgehead atoms. The second-order valence-electron chi connectivity index (χ2n) is 9.19. The Morgan fingerprint density at radius 1 is 0.912 bits per heavy atom. The van der Waals surface area contributed by atoms with Crippen molar-refractivity contribution in [3.8, 4) is 0 Å². The van der Waals surface area contributed by atoms with E-state index in [1.54, 1.807) is 0 Å². The lowest BCUT2D eigenvalue weighted by Crippen LogP contribution is -2.38. The molecule has 5 rings (SSSR count). The Morgan fingerprint density at radius 3 is 2.47 bits per heavy atom. The Labute approximate surface area is 201 Å². The van der Waals surface area contributed by atoms with Crippen molar-refractivity contribution in [1.82, 2.24) is 5.32 Å². The number of amides is 1. The van der Waals surface area contributed by atoms with Gasteiger partial charge in [-0.25, -0.2) is 0 Å². The van der Waals surface area contributed by atoms with Crippen LogP contribution >= 0.6 is 0 Å². The van der Waals surface area contributed by atoms with Gasteiger partial charge in [-0.05, 0) is 52.1 Å². The van der Waals surface area contributed by atoms with Gasteiger partial charge in [0.15, 0.2) is 0 Å². The highest BCUT2D eigenvalue weighted by atomic mass is 16.1. The van der Waals surface area contributed by atoms with Crippen LogP contribution < -0.4 is 15.1 Å². The van der Waals surface area contributed by atoms with Crippen LogP contribution in [0.25, 0.3) is 10.8 Å². The quantitative estimate of drug-likeness (QED) is 0.412. The van der Waals surface area contributed by atoms with Gasteiger partial charge in [-0.3, -0.25) is 4.79 Å². The van der Waals surface area contributed by atoms with Gasteiger partial charge in [0.05, 0.1) is 12.5 Å². The Balaban J connectivity index is 1.37. The van der Waals surface area contributed by atoms with E-state index in [0.29, 0.717) is 13.0 Å². The molecule has 0 radical (unpaired) electrons. The SMILES string of the molecule is CN(C)c1ccc(C(CNC(=O)Cc2cccc3ccccc23)N2CCc3ccccc32)cc1. The lowest BCUT2D eigenvalue weighted by molar-refractivity contribution is -0.120. The van der Waals surface area contributed by atoms with Gasteiger partial charge in [-0.1, -0.05) is 72.8 Å². The van der Waals surface area contributed by atoms with Gasteiger partial charge >= 0.3 is 0 Å². The number of hydrogen-bond acceptors (Lipinski definition) is 3. The van der Waals surface area contributed by atoms with Gasteiger partial charge in [0.1, 0.15) is 0 Å². The molecular formula is C30H31N3O. The predicted octanol–water partition coefficient (Wildman–Crippen LogP) is 5.37. The predicted molar refractivity (Wildman–Crippen MR) is 142 cm³/mol. The van der Waals surface area contributed by atoms with Gasteiger partial charge in [-0.15, -0.1) is 0 Å². The molecule has 172 valence electrons. The van der Waals surface area contributed by atoms with Crippen LogP contribution in [0, 0.1) is 0 Å². The smallest absolute Gasteiger partial charge is 0.224 e. The fourth-order valence-corrected chi connectivity index (χ4v) is 4.98. The summed E-state index contributed by atoms with van der Waals surface area (Å²) in [6.45, 7) is 1.53. The number of para-hydroxylation sites is 1. The molecule has 0 aliphatic carbocycles. The Morgan fingerprint density at radius 2 is 1.65 bits per heavy atom. The fourth-order valence-electron chi connectivity index (χ4n) is 4.98. The fraction of sp³-hybridized carbons (Fsp3) is 0.233. The minimum absolute atomic E-state index is 0.0544. The molecule has 0 aromatic heterocycles. The molecule has 1 atom stereocenters. The maximum absolute atomic E-state index is 13.1. The van der Waals surface area contributed by atoms with Crippen LogP contribution in [-0.2, 0) is 17.6 Å². The lowest BCUT2D eigenvalue weighted by Gasteiger charge is -2.31. The summed E-state index contributed by atoms with van der Waals surface area (Å²) in [5.74, 6) is 0.0544. The highest BCUT2D eigenvalue weighted by Gasteiger charge is 2.27. The second-order valence-corrected chi connectivity index (χ2v) is 9.19. The van der Waals surface area contributed by atoms with Crippen LogP contribution in [0.1, 0.15) is 22.7 Å². The summed E-state index contributed by atoms with van der Waals surface area (Å²) in [5.41, 5.74) is 6.10. The van der Waals surface area contributed by atoms with Crippen molar-refractivity contribution >= 4 is 28.1 Å². The van der Waals surface area contributed by atoms with E-state index in [1.807, 2.05) is 18.2 Å². The summed E-state index contributed by atoms with van der Waals surface area (Å²) in [5, 5.41) is 5.56. The average Bonchev–Trinajstić information content (AvgIpc) is 3.29. The molecule has 1 amide bonds. The van der Waals surface area contributed by atoms with Crippen LogP contribution in [0.15, 0.2) is 91.0 Å². The van der Waals surface area contributed by atoms with Gasteiger partial charge in [-0.2, -0.15) is 0 Å². The normalized spacial score (nSPS) is 13.5. The first-order valence-electron chi connectivity index (χ1n) is 12.0. The topological polar surface area (TPSA) is 35.6 Å². The van der Waals surface area contributed by atoms with E-state index >= 15 is 0 Å². The monoisotopic (exact) mass is 449 g/mol. The molecule has 1 heterocycles. The third-order valence-electron chi connectivity index (χ3n) is 6.82. The molecule has 4 nitrogen and oxygen atoms in total. The Bertz CT molecular complexity index is 1290. The third kappa shape index (κ3) is 4.49. The van der Waals surface area contributed by atoms with Crippen LogP contribution in [0.2, 0.25) is 0 Å². The van der Waals surface area contributed by atoms with Crippen molar-refractivity contribution < 1.29 is 4.79 Å². The average molecular weight is 450 g/mol. The van der Waals surface area contributed by atoms with Crippen LogP contribution in [0.3, 0.4) is 0 Å². The van der Waals surface area contributed by atoms with Crippen LogP contribution in [-0.4, -0.2) is 33.1 Å². The number of carbonyl (C=O) groups is 1. The molecule has 4 aromatic carbocycles. The van der Waals surface area contributed by atoms with E-state index in [0.717, 1.165) is 23.9 Å². The first-order chi connectivity index (χ1) is 16.6. The van der Waals surface area contributed by atoms with Crippen molar-refractivity contribution in [2.45, 2.75) is 18.9 Å². The summed E-state index contributed by atoms with van der Waals surface area (Å²) in [6.07, 6.45) is 1.41. The van der Waals surface area contributed by atoms with E-state index in [-0.39, 0.29) is 11.9 Å². The number of carbonyl (C=O) groups excluding carboxylic acids is 1. The summed E-state index contributed by atoms with van der Waals surface area (Å²) in [4.78, 5) is 17.6. The summed E-state index contributed by atoms with van der Waals surface area (Å²) in [7, 11) is 4.10. The Hall–Kier alpha value is -3.79. The van der Waals surface area contributed by atoms with E-state index in [4.69, 9.17) is 0 Å². The minimum atomic E-state index is 0.0544. The summed E-state index contributed by atoms with van der Waals surface area (Å²) in [6, 6.07) is 31.8. The van der Waals surface area contributed by atoms with Crippen LogP contribution in [0.5, 0.6) is 0 Å². The van der Waals surface area contributed by atoms with E-state index in [1.165, 1.54) is 27.9 Å². The van der Waals surface area contributed by atoms with Gasteiger partial charge in [0.25, 0.3) is 0 Å². The number of anilines is 2. The third-order valence-corrected chi connectivity index (χ3v) is 6.82. The highest BCUT2D eigenvalue weighted by molar-refractivity contribution is 5.90. The molecule has 0 fully saturated rings. The minimum Gasteiger partial charge on any atom is -0.378 e. The van der Waals surface area contributed by atoms with Crippen molar-refractivity contribution in [2.24, 2.45) is 0 Å². The van der Waals surface area contributed by atoms with E-state index in [9.17, 15) is 4.79 Å². The van der Waals surface area contributed by atoms with E-state index < -0.39 is 0 Å². The standard InChI is InChI=1S/C30H31N3O/c1-32(2)26-16-14-24(15-17-26)29(33-19-18-23-9-4-6-13-28(23)33)21-31-30(34)20-25-11-7-10-22-8-3-5-12-27(22)25/h3-17,29H,18-21H2,1-2H3,(H,31,34). The first-order valence-corrected chi connectivity index (χ1v) is 12.0. The van der Waals surface area contributed by atoms with Gasteiger partial charge in [0, 0.05) is 38.6 Å². The van der Waals surface area contributed by atoms with E-state index in [2.05, 4.69) is 102 Å². The molecule has 0 saturated carbocycles. The van der Waals surface area contributed by atoms with Crippen LogP contribution in [0.4, 0.5) is 11.4 Å². The first kappa shape index (κ1) is 22.0. The lowest BCUT2D eigenvalue weighted by atomic mass is 10.0. The molecule has 0 spiro atoms. The number of nitrogens with one attached hydrogen (secondary N) is 1. The zero-order chi connectivity index (χ0) is 23.5. The number of fused-ring (bicyclic) bond motifs is 2. The molecule has 1 aliphatic heterocycles. The molecule has 34 heavy (non-hydrogen) atoms. The molecule has 0 saturated heterocycles. The molecule has 1 unspecified atom stereocenters. The number of hydrogen-bond donors (Lipinski definition) is 1. The Kier molecular flexibility index (Phi) is 6.22. The maximum atomic E-state index is 13.1. The largest absolute Gasteiger partial charge is 0.378 e. The van der Waals surface area contributed by atoms with Crippen molar-refractivity contribution in [1.29, 1.82) is 0 Å². The zero-order valence-electron chi connectivity index (χ0n) is 19.9. The molecule has 4 aromatic rings. The molecular weight excluding hydrogens is 418 g/mol. The number of rotatable bonds is 7. The van der Waals surface area contributed by atoms with Gasteiger partial charge < -0.3 is 15.1 Å². The molecule has 4 heteroatoms. The molecule has 1 N–H and O–H groups in total. The van der Waals surface area contributed by atoms with Gasteiger partial charge in [0.2, 0.25) is 5.91 Å². The summed E-state index contributed by atoms with van der Waals surface area (Å²) < 4.78 is 0. The summed E-state index contributed by atoms with van der Waals surface area (Å²) >= 11 is 0. The van der Waals surface area contributed by atoms with Crippen molar-refractivity contribution in [2.75, 3.05) is 37.0 Å². The number of benzene rings is 4. The zero-order valence-corrected chi connectivity index (χ0v) is 19.9. The second kappa shape index (κ2) is 9.60.